The number of hydrogen-bond donors (Lipinski definition) is 1. The lowest BCUT2D eigenvalue weighted by molar-refractivity contribution is 0.102. The van der Waals surface area contributed by atoms with E-state index in [2.05, 4.69) is 45.4 Å². The predicted octanol–water partition coefficient (Wildman–Crippen LogP) is 5.02. The van der Waals surface area contributed by atoms with Gasteiger partial charge in [-0.05, 0) is 81.1 Å². The summed E-state index contributed by atoms with van der Waals surface area (Å²) in [4.78, 5) is 17.6. The van der Waals surface area contributed by atoms with Gasteiger partial charge in [0, 0.05) is 54.2 Å². The van der Waals surface area contributed by atoms with Crippen LogP contribution in [0.1, 0.15) is 21.5 Å². The Balaban J connectivity index is 1.25. The van der Waals surface area contributed by atoms with Crippen LogP contribution in [-0.2, 0) is 0 Å². The molecule has 0 radical (unpaired) electrons. The molecule has 7 heteroatoms. The number of amides is 1. The van der Waals surface area contributed by atoms with Crippen molar-refractivity contribution in [2.75, 3.05) is 43.4 Å². The minimum Gasteiger partial charge on any atom is -0.416 e. The number of anilines is 2. The highest BCUT2D eigenvalue weighted by molar-refractivity contribution is 6.04. The van der Waals surface area contributed by atoms with E-state index in [-0.39, 0.29) is 5.91 Å². The zero-order valence-corrected chi connectivity index (χ0v) is 20.3. The minimum atomic E-state index is -0.158. The van der Waals surface area contributed by atoms with Gasteiger partial charge < -0.3 is 19.5 Å². The maximum atomic E-state index is 12.8. The van der Waals surface area contributed by atoms with Gasteiger partial charge in [0.2, 0.25) is 11.8 Å². The fourth-order valence-corrected chi connectivity index (χ4v) is 4.26. The van der Waals surface area contributed by atoms with Crippen molar-refractivity contribution in [3.63, 3.8) is 0 Å². The number of aromatic nitrogens is 2. The maximum absolute atomic E-state index is 12.8. The van der Waals surface area contributed by atoms with Crippen LogP contribution in [0.4, 0.5) is 11.4 Å². The van der Waals surface area contributed by atoms with E-state index in [1.807, 2.05) is 55.5 Å². The van der Waals surface area contributed by atoms with Gasteiger partial charge in [0.05, 0.1) is 0 Å². The molecule has 0 unspecified atom stereocenters. The van der Waals surface area contributed by atoms with Crippen LogP contribution in [0.3, 0.4) is 0 Å². The number of carbonyl (C=O) groups is 1. The van der Waals surface area contributed by atoms with Crippen molar-refractivity contribution in [3.8, 4) is 22.9 Å². The molecule has 0 saturated carbocycles. The second-order valence-corrected chi connectivity index (χ2v) is 9.10. The maximum Gasteiger partial charge on any atom is 0.255 e. The second kappa shape index (κ2) is 9.72. The highest BCUT2D eigenvalue weighted by atomic mass is 16.4. The van der Waals surface area contributed by atoms with Crippen LogP contribution in [0, 0.1) is 13.8 Å². The van der Waals surface area contributed by atoms with Crippen molar-refractivity contribution in [2.24, 2.45) is 0 Å². The van der Waals surface area contributed by atoms with Gasteiger partial charge in [-0.3, -0.25) is 4.79 Å². The van der Waals surface area contributed by atoms with E-state index < -0.39 is 0 Å². The third kappa shape index (κ3) is 5.10. The van der Waals surface area contributed by atoms with Gasteiger partial charge in [-0.15, -0.1) is 10.2 Å². The fourth-order valence-electron chi connectivity index (χ4n) is 4.26. The summed E-state index contributed by atoms with van der Waals surface area (Å²) >= 11 is 0. The first-order valence-electron chi connectivity index (χ1n) is 11.8. The molecule has 35 heavy (non-hydrogen) atoms. The molecule has 4 aromatic rings. The van der Waals surface area contributed by atoms with Crippen molar-refractivity contribution in [2.45, 2.75) is 13.8 Å². The molecule has 3 aromatic carbocycles. The van der Waals surface area contributed by atoms with E-state index in [0.29, 0.717) is 17.3 Å². The van der Waals surface area contributed by atoms with Gasteiger partial charge >= 0.3 is 0 Å². The van der Waals surface area contributed by atoms with Crippen molar-refractivity contribution < 1.29 is 9.21 Å². The SMILES string of the molecule is Cc1ccc(-c2nnc(-c3ccc(C(=O)Nc4ccc(N5CCN(C)CC5)c(C)c4)cc3)o2)cc1. The molecule has 1 fully saturated rings. The van der Waals surface area contributed by atoms with Crippen LogP contribution in [-0.4, -0.2) is 54.2 Å². The topological polar surface area (TPSA) is 74.5 Å². The molecule has 178 valence electrons. The molecule has 1 aliphatic rings. The first kappa shape index (κ1) is 22.8. The van der Waals surface area contributed by atoms with E-state index in [1.54, 1.807) is 12.1 Å². The van der Waals surface area contributed by atoms with Crippen LogP contribution in [0.15, 0.2) is 71.1 Å². The number of nitrogens with one attached hydrogen (secondary N) is 1. The van der Waals surface area contributed by atoms with Crippen LogP contribution in [0.5, 0.6) is 0 Å². The first-order chi connectivity index (χ1) is 17.0. The Morgan fingerprint density at radius 3 is 2.03 bits per heavy atom. The van der Waals surface area contributed by atoms with Gasteiger partial charge in [-0.2, -0.15) is 0 Å². The Bertz CT molecular complexity index is 1320. The Hall–Kier alpha value is -3.97. The average molecular weight is 468 g/mol. The highest BCUT2D eigenvalue weighted by Gasteiger charge is 2.17. The summed E-state index contributed by atoms with van der Waals surface area (Å²) in [5, 5.41) is 11.3. The summed E-state index contributed by atoms with van der Waals surface area (Å²) in [6.45, 7) is 8.28. The summed E-state index contributed by atoms with van der Waals surface area (Å²) in [6, 6.07) is 21.2. The minimum absolute atomic E-state index is 0.158. The van der Waals surface area contributed by atoms with E-state index >= 15 is 0 Å². The van der Waals surface area contributed by atoms with Crippen LogP contribution in [0.25, 0.3) is 22.9 Å². The quantitative estimate of drug-likeness (QED) is 0.444. The van der Waals surface area contributed by atoms with Gasteiger partial charge in [0.1, 0.15) is 0 Å². The second-order valence-electron chi connectivity index (χ2n) is 9.10. The molecule has 7 nitrogen and oxygen atoms in total. The smallest absolute Gasteiger partial charge is 0.255 e. The number of nitrogens with zero attached hydrogens (tertiary/aromatic N) is 4. The molecular weight excluding hydrogens is 438 g/mol. The zero-order chi connectivity index (χ0) is 24.4. The molecule has 0 spiro atoms. The summed E-state index contributed by atoms with van der Waals surface area (Å²) in [5.41, 5.74) is 6.54. The Labute approximate surface area is 205 Å². The molecule has 1 saturated heterocycles. The number of likely N-dealkylation sites (N-methyl/N-ethyl adjacent to an activating group) is 1. The number of piperazine rings is 1. The molecular formula is C28H29N5O2. The van der Waals surface area contributed by atoms with Gasteiger partial charge in [-0.1, -0.05) is 17.7 Å². The lowest BCUT2D eigenvalue weighted by Gasteiger charge is -2.35. The highest BCUT2D eigenvalue weighted by Crippen LogP contribution is 2.26. The number of hydrogen-bond acceptors (Lipinski definition) is 6. The fraction of sp³-hybridized carbons (Fsp3) is 0.250. The molecule has 2 heterocycles. The van der Waals surface area contributed by atoms with Crippen LogP contribution < -0.4 is 10.2 Å². The summed E-state index contributed by atoms with van der Waals surface area (Å²) < 4.78 is 5.84. The average Bonchev–Trinajstić information content (AvgIpc) is 3.36. The predicted molar refractivity (Wildman–Crippen MR) is 139 cm³/mol. The monoisotopic (exact) mass is 467 g/mol. The molecule has 5 rings (SSSR count). The van der Waals surface area contributed by atoms with E-state index in [9.17, 15) is 4.79 Å². The molecule has 0 aliphatic carbocycles. The summed E-state index contributed by atoms with van der Waals surface area (Å²) in [7, 11) is 2.15. The van der Waals surface area contributed by atoms with Crippen molar-refractivity contribution in [1.29, 1.82) is 0 Å². The number of benzene rings is 3. The van der Waals surface area contributed by atoms with E-state index in [0.717, 1.165) is 48.6 Å². The molecule has 1 aromatic heterocycles. The zero-order valence-electron chi connectivity index (χ0n) is 20.3. The Morgan fingerprint density at radius 2 is 1.43 bits per heavy atom. The summed E-state index contributed by atoms with van der Waals surface area (Å²) in [5.74, 6) is 0.731. The lowest BCUT2D eigenvalue weighted by atomic mass is 10.1. The van der Waals surface area contributed by atoms with Crippen molar-refractivity contribution >= 4 is 17.3 Å². The standard InChI is InChI=1S/C28H29N5O2/c1-19-4-6-22(7-5-19)27-30-31-28(35-27)23-10-8-21(9-11-23)26(34)29-24-12-13-25(20(2)18-24)33-16-14-32(3)15-17-33/h4-13,18H,14-17H2,1-3H3,(H,29,34). The Kier molecular flexibility index (Phi) is 6.33. The third-order valence-corrected chi connectivity index (χ3v) is 6.42. The van der Waals surface area contributed by atoms with E-state index in [1.165, 1.54) is 11.3 Å². The van der Waals surface area contributed by atoms with Gasteiger partial charge in [-0.25, -0.2) is 0 Å². The number of carbonyl (C=O) groups excluding carboxylic acids is 1. The van der Waals surface area contributed by atoms with E-state index in [4.69, 9.17) is 4.42 Å². The van der Waals surface area contributed by atoms with Gasteiger partial charge in [0.25, 0.3) is 5.91 Å². The molecule has 1 aliphatic heterocycles. The van der Waals surface area contributed by atoms with Crippen molar-refractivity contribution in [1.82, 2.24) is 15.1 Å². The first-order valence-corrected chi connectivity index (χ1v) is 11.8. The molecule has 1 amide bonds. The number of aryl methyl sites for hydroxylation is 2. The van der Waals surface area contributed by atoms with Crippen LogP contribution in [0.2, 0.25) is 0 Å². The van der Waals surface area contributed by atoms with Crippen molar-refractivity contribution in [3.05, 3.63) is 83.4 Å². The normalized spacial score (nSPS) is 14.2. The van der Waals surface area contributed by atoms with Gasteiger partial charge in [0.15, 0.2) is 0 Å². The molecule has 1 N–H and O–H groups in total. The van der Waals surface area contributed by atoms with Crippen LogP contribution >= 0.6 is 0 Å². The third-order valence-electron chi connectivity index (χ3n) is 6.42. The number of rotatable bonds is 5. The molecule has 0 atom stereocenters. The summed E-state index contributed by atoms with van der Waals surface area (Å²) in [6.07, 6.45) is 0. The Morgan fingerprint density at radius 1 is 0.829 bits per heavy atom. The largest absolute Gasteiger partial charge is 0.416 e. The molecule has 0 bridgehead atoms. The lowest BCUT2D eigenvalue weighted by Crippen LogP contribution is -2.44.